The van der Waals surface area contributed by atoms with Crippen LogP contribution in [0.1, 0.15) is 48.5 Å². The van der Waals surface area contributed by atoms with E-state index in [0.29, 0.717) is 5.41 Å². The largest absolute Gasteiger partial charge is 0.345 e. The predicted octanol–water partition coefficient (Wildman–Crippen LogP) is 3.40. The third kappa shape index (κ3) is 3.35. The average molecular weight is 300 g/mol. The minimum atomic E-state index is 0.0850. The van der Waals surface area contributed by atoms with Gasteiger partial charge in [0, 0.05) is 26.2 Å². The van der Waals surface area contributed by atoms with Gasteiger partial charge in [0.15, 0.2) is 0 Å². The van der Waals surface area contributed by atoms with Gasteiger partial charge in [-0.25, -0.2) is 0 Å². The molecule has 1 amide bonds. The second kappa shape index (κ2) is 6.04. The molecule has 3 nitrogen and oxygen atoms in total. The normalized spacial score (nSPS) is 21.6. The molecule has 0 radical (unpaired) electrons. The Morgan fingerprint density at radius 3 is 2.55 bits per heavy atom. The van der Waals surface area contributed by atoms with Gasteiger partial charge in [-0.05, 0) is 67.8 Å². The number of carbonyl (C=O) groups is 1. The summed E-state index contributed by atoms with van der Waals surface area (Å²) in [5.74, 6) is 1.08. The molecule has 1 aromatic rings. The van der Waals surface area contributed by atoms with Crippen LogP contribution in [0.4, 0.5) is 0 Å². The highest BCUT2D eigenvalue weighted by molar-refractivity contribution is 5.94. The summed E-state index contributed by atoms with van der Waals surface area (Å²) in [4.78, 5) is 16.3. The molecule has 1 aliphatic heterocycles. The first-order chi connectivity index (χ1) is 10.5. The van der Waals surface area contributed by atoms with E-state index in [0.717, 1.165) is 18.0 Å². The van der Waals surface area contributed by atoms with Crippen molar-refractivity contribution in [1.82, 2.24) is 9.80 Å². The third-order valence-corrected chi connectivity index (χ3v) is 5.55. The number of likely N-dealkylation sites (tertiary alicyclic amines) is 1. The molecular formula is C19H28N2O. The molecular weight excluding hydrogens is 272 g/mol. The van der Waals surface area contributed by atoms with E-state index < -0.39 is 0 Å². The first kappa shape index (κ1) is 15.5. The third-order valence-electron chi connectivity index (χ3n) is 5.55. The molecule has 1 aliphatic carbocycles. The molecule has 0 spiro atoms. The van der Waals surface area contributed by atoms with E-state index in [1.165, 1.54) is 44.3 Å². The summed E-state index contributed by atoms with van der Waals surface area (Å²) in [5.41, 5.74) is 2.64. The minimum absolute atomic E-state index is 0.0850. The quantitative estimate of drug-likeness (QED) is 0.851. The maximum absolute atomic E-state index is 12.1. The lowest BCUT2D eigenvalue weighted by Crippen LogP contribution is -2.39. The van der Waals surface area contributed by atoms with Crippen LogP contribution in [0.25, 0.3) is 0 Å². The molecule has 0 aromatic heterocycles. The summed E-state index contributed by atoms with van der Waals surface area (Å²) in [6.07, 6.45) is 5.55. The second-order valence-electron chi connectivity index (χ2n) is 7.60. The van der Waals surface area contributed by atoms with Gasteiger partial charge in [-0.3, -0.25) is 9.69 Å². The molecule has 2 fully saturated rings. The second-order valence-corrected chi connectivity index (χ2v) is 7.60. The van der Waals surface area contributed by atoms with Gasteiger partial charge in [-0.2, -0.15) is 0 Å². The van der Waals surface area contributed by atoms with Gasteiger partial charge in [-0.15, -0.1) is 0 Å². The Kier molecular flexibility index (Phi) is 4.26. The van der Waals surface area contributed by atoms with Gasteiger partial charge < -0.3 is 4.90 Å². The zero-order chi connectivity index (χ0) is 15.7. The van der Waals surface area contributed by atoms with Gasteiger partial charge in [0.2, 0.25) is 0 Å². The zero-order valence-electron chi connectivity index (χ0n) is 14.1. The fraction of sp³-hybridized carbons (Fsp3) is 0.632. The summed E-state index contributed by atoms with van der Waals surface area (Å²) in [6.45, 7) is 5.84. The van der Waals surface area contributed by atoms with E-state index in [-0.39, 0.29) is 5.91 Å². The highest BCUT2D eigenvalue weighted by Crippen LogP contribution is 2.51. The van der Waals surface area contributed by atoms with Crippen LogP contribution in [-0.2, 0) is 6.54 Å². The highest BCUT2D eigenvalue weighted by atomic mass is 16.2. The van der Waals surface area contributed by atoms with Crippen molar-refractivity contribution in [1.29, 1.82) is 0 Å². The molecule has 3 heteroatoms. The van der Waals surface area contributed by atoms with Crippen molar-refractivity contribution < 1.29 is 4.79 Å². The molecule has 1 saturated heterocycles. The first-order valence-electron chi connectivity index (χ1n) is 8.51. The molecule has 22 heavy (non-hydrogen) atoms. The summed E-state index contributed by atoms with van der Waals surface area (Å²) < 4.78 is 0. The Morgan fingerprint density at radius 1 is 1.27 bits per heavy atom. The summed E-state index contributed by atoms with van der Waals surface area (Å²) >= 11 is 0. The summed E-state index contributed by atoms with van der Waals surface area (Å²) in [6, 6.07) is 8.11. The Labute approximate surface area is 134 Å². The van der Waals surface area contributed by atoms with Crippen molar-refractivity contribution >= 4 is 5.91 Å². The Bertz CT molecular complexity index is 540. The molecule has 0 atom stereocenters. The number of hydrogen-bond acceptors (Lipinski definition) is 2. The SMILES string of the molecule is CN(C)C(=O)c1cccc(CN2CCC(C)(C3CC3)CC2)c1. The van der Waals surface area contributed by atoms with Crippen molar-refractivity contribution in [2.45, 2.75) is 39.2 Å². The van der Waals surface area contributed by atoms with E-state index in [1.807, 2.05) is 12.1 Å². The Hall–Kier alpha value is -1.35. The van der Waals surface area contributed by atoms with Crippen molar-refractivity contribution in [3.63, 3.8) is 0 Å². The van der Waals surface area contributed by atoms with E-state index in [4.69, 9.17) is 0 Å². The van der Waals surface area contributed by atoms with Gasteiger partial charge in [0.25, 0.3) is 5.91 Å². The lowest BCUT2D eigenvalue weighted by Gasteiger charge is -2.40. The molecule has 1 aromatic carbocycles. The maximum Gasteiger partial charge on any atom is 0.253 e. The molecule has 120 valence electrons. The molecule has 1 heterocycles. The van der Waals surface area contributed by atoms with Crippen LogP contribution >= 0.6 is 0 Å². The van der Waals surface area contributed by atoms with Gasteiger partial charge >= 0.3 is 0 Å². The predicted molar refractivity (Wildman–Crippen MR) is 89.8 cm³/mol. The highest BCUT2D eigenvalue weighted by Gasteiger charge is 2.42. The number of rotatable bonds is 4. The molecule has 0 N–H and O–H groups in total. The van der Waals surface area contributed by atoms with Gasteiger partial charge in [0.05, 0.1) is 0 Å². The number of piperidine rings is 1. The van der Waals surface area contributed by atoms with Crippen LogP contribution in [0.5, 0.6) is 0 Å². The van der Waals surface area contributed by atoms with Crippen LogP contribution in [0, 0.1) is 11.3 Å². The maximum atomic E-state index is 12.1. The molecule has 2 aliphatic rings. The standard InChI is InChI=1S/C19H28N2O/c1-19(17-7-8-17)9-11-21(12-10-19)14-15-5-4-6-16(13-15)18(22)20(2)3/h4-6,13,17H,7-12,14H2,1-3H3. The smallest absolute Gasteiger partial charge is 0.253 e. The van der Waals surface area contributed by atoms with Crippen molar-refractivity contribution in [2.75, 3.05) is 27.2 Å². The minimum Gasteiger partial charge on any atom is -0.345 e. The van der Waals surface area contributed by atoms with Crippen LogP contribution in [0.2, 0.25) is 0 Å². The van der Waals surface area contributed by atoms with Crippen LogP contribution < -0.4 is 0 Å². The molecule has 0 bridgehead atoms. The lowest BCUT2D eigenvalue weighted by molar-refractivity contribution is 0.0827. The summed E-state index contributed by atoms with van der Waals surface area (Å²) in [5, 5.41) is 0. The van der Waals surface area contributed by atoms with Gasteiger partial charge in [-0.1, -0.05) is 19.1 Å². The molecule has 3 rings (SSSR count). The monoisotopic (exact) mass is 300 g/mol. The lowest BCUT2D eigenvalue weighted by atomic mass is 9.76. The van der Waals surface area contributed by atoms with Crippen LogP contribution in [0.3, 0.4) is 0 Å². The van der Waals surface area contributed by atoms with Crippen molar-refractivity contribution in [3.05, 3.63) is 35.4 Å². The molecule has 0 unspecified atom stereocenters. The number of amides is 1. The number of benzene rings is 1. The number of carbonyl (C=O) groups excluding carboxylic acids is 1. The number of nitrogens with zero attached hydrogens (tertiary/aromatic N) is 2. The first-order valence-corrected chi connectivity index (χ1v) is 8.51. The van der Waals surface area contributed by atoms with E-state index in [9.17, 15) is 4.79 Å². The van der Waals surface area contributed by atoms with E-state index >= 15 is 0 Å². The van der Waals surface area contributed by atoms with E-state index in [1.54, 1.807) is 19.0 Å². The van der Waals surface area contributed by atoms with Gasteiger partial charge in [0.1, 0.15) is 0 Å². The average Bonchev–Trinajstić information content (AvgIpc) is 3.34. The van der Waals surface area contributed by atoms with Crippen molar-refractivity contribution in [2.24, 2.45) is 11.3 Å². The zero-order valence-corrected chi connectivity index (χ0v) is 14.1. The van der Waals surface area contributed by atoms with E-state index in [2.05, 4.69) is 24.0 Å². The van der Waals surface area contributed by atoms with Crippen LogP contribution in [0.15, 0.2) is 24.3 Å². The fourth-order valence-corrected chi connectivity index (χ4v) is 3.73. The Balaban J connectivity index is 1.60. The number of hydrogen-bond donors (Lipinski definition) is 0. The molecule has 1 saturated carbocycles. The summed E-state index contributed by atoms with van der Waals surface area (Å²) in [7, 11) is 3.61. The fourth-order valence-electron chi connectivity index (χ4n) is 3.73. The van der Waals surface area contributed by atoms with Crippen molar-refractivity contribution in [3.8, 4) is 0 Å². The Morgan fingerprint density at radius 2 is 1.95 bits per heavy atom. The topological polar surface area (TPSA) is 23.6 Å². The van der Waals surface area contributed by atoms with Crippen LogP contribution in [-0.4, -0.2) is 42.9 Å².